The van der Waals surface area contributed by atoms with Crippen molar-refractivity contribution in [2.45, 2.75) is 6.61 Å². The molecule has 1 amide bonds. The second kappa shape index (κ2) is 6.28. The Morgan fingerprint density at radius 3 is 2.92 bits per heavy atom. The molecule has 2 N–H and O–H groups in total. The van der Waals surface area contributed by atoms with Gasteiger partial charge in [0, 0.05) is 12.6 Å². The van der Waals surface area contributed by atoms with Gasteiger partial charge in [0.15, 0.2) is 12.4 Å². The van der Waals surface area contributed by atoms with E-state index >= 15 is 0 Å². The molecular weight excluding hydrogens is 336 g/mol. The van der Waals surface area contributed by atoms with Crippen LogP contribution < -0.4 is 15.7 Å². The molecule has 0 radical (unpaired) electrons. The Labute approximate surface area is 146 Å². The number of carbonyl (C=O) groups excluding carboxylic acids is 1. The quantitative estimate of drug-likeness (QED) is 0.559. The third-order valence-electron chi connectivity index (χ3n) is 3.89. The number of H-pyrrole nitrogens is 1. The minimum Gasteiger partial charge on any atom is -0.387 e. The van der Waals surface area contributed by atoms with Gasteiger partial charge in [-0.15, -0.1) is 5.10 Å². The Morgan fingerprint density at radius 1 is 1.23 bits per heavy atom. The van der Waals surface area contributed by atoms with Crippen LogP contribution in [0.1, 0.15) is 16.2 Å². The Hall–Kier alpha value is -3.75. The Bertz CT molecular complexity index is 1180. The van der Waals surface area contributed by atoms with E-state index in [4.69, 9.17) is 4.84 Å². The number of nitrogens with zero attached hydrogens (tertiary/aromatic N) is 4. The van der Waals surface area contributed by atoms with Gasteiger partial charge in [0.2, 0.25) is 0 Å². The highest BCUT2D eigenvalue weighted by Gasteiger charge is 2.11. The highest BCUT2D eigenvalue weighted by molar-refractivity contribution is 5.97. The molecule has 0 saturated heterocycles. The van der Waals surface area contributed by atoms with Crippen molar-refractivity contribution in [1.29, 1.82) is 0 Å². The van der Waals surface area contributed by atoms with E-state index in [1.165, 1.54) is 4.85 Å². The van der Waals surface area contributed by atoms with E-state index in [0.29, 0.717) is 33.3 Å². The van der Waals surface area contributed by atoms with Crippen molar-refractivity contribution in [1.82, 2.24) is 30.4 Å². The van der Waals surface area contributed by atoms with Crippen molar-refractivity contribution in [3.8, 4) is 0 Å². The summed E-state index contributed by atoms with van der Waals surface area (Å²) in [5.74, 6) is 0.139. The molecule has 0 bridgehead atoms. The van der Waals surface area contributed by atoms with Gasteiger partial charge in [0.05, 0.1) is 10.9 Å². The average Bonchev–Trinajstić information content (AvgIpc) is 3.08. The van der Waals surface area contributed by atoms with E-state index in [0.717, 1.165) is 0 Å². The Kier molecular flexibility index (Phi) is 3.81. The first-order valence-corrected chi connectivity index (χ1v) is 7.84. The van der Waals surface area contributed by atoms with Crippen LogP contribution in [0.2, 0.25) is 0 Å². The maximum Gasteiger partial charge on any atom is 0.258 e. The van der Waals surface area contributed by atoms with Crippen molar-refractivity contribution >= 4 is 27.8 Å². The smallest absolute Gasteiger partial charge is 0.258 e. The average molecular weight is 350 g/mol. The van der Waals surface area contributed by atoms with Crippen LogP contribution in [0, 0.1) is 0 Å². The number of amides is 1. The maximum absolute atomic E-state index is 12.1. The molecule has 9 heteroatoms. The van der Waals surface area contributed by atoms with Gasteiger partial charge in [-0.3, -0.25) is 9.59 Å². The summed E-state index contributed by atoms with van der Waals surface area (Å²) in [6, 6.07) is 12.0. The van der Waals surface area contributed by atoms with Crippen molar-refractivity contribution in [3.63, 3.8) is 0 Å². The number of rotatable bonds is 4. The van der Waals surface area contributed by atoms with Gasteiger partial charge in [0.1, 0.15) is 11.0 Å². The minimum atomic E-state index is -0.237. The number of nitrogens with one attached hydrogen (secondary N) is 2. The summed E-state index contributed by atoms with van der Waals surface area (Å²) >= 11 is 0. The fraction of sp³-hybridized carbons (Fsp3) is 0.118. The number of benzene rings is 2. The van der Waals surface area contributed by atoms with Crippen LogP contribution in [0.3, 0.4) is 0 Å². The molecular formula is C17H14N6O3. The predicted molar refractivity (Wildman–Crippen MR) is 93.6 cm³/mol. The van der Waals surface area contributed by atoms with Crippen LogP contribution in [0.25, 0.3) is 21.9 Å². The molecule has 0 fully saturated rings. The minimum absolute atomic E-state index is 0.0112. The number of aromatic amines is 1. The molecule has 0 aliphatic heterocycles. The van der Waals surface area contributed by atoms with E-state index in [2.05, 4.69) is 25.6 Å². The van der Waals surface area contributed by atoms with E-state index in [1.807, 2.05) is 6.07 Å². The summed E-state index contributed by atoms with van der Waals surface area (Å²) in [5.41, 5.74) is 1.93. The number of aromatic nitrogens is 5. The molecule has 2 aromatic carbocycles. The molecule has 0 aliphatic carbocycles. The fourth-order valence-electron chi connectivity index (χ4n) is 2.60. The van der Waals surface area contributed by atoms with E-state index in [9.17, 15) is 9.59 Å². The molecule has 130 valence electrons. The van der Waals surface area contributed by atoms with Gasteiger partial charge in [-0.1, -0.05) is 17.0 Å². The molecule has 2 aromatic heterocycles. The highest BCUT2D eigenvalue weighted by Crippen LogP contribution is 2.13. The summed E-state index contributed by atoms with van der Waals surface area (Å²) in [6.45, 7) is -0.0112. The van der Waals surface area contributed by atoms with Gasteiger partial charge in [-0.25, -0.2) is 4.98 Å². The second-order valence-corrected chi connectivity index (χ2v) is 5.55. The number of hydrogen-bond acceptors (Lipinski definition) is 6. The third-order valence-corrected chi connectivity index (χ3v) is 3.89. The Balaban J connectivity index is 1.64. The third kappa shape index (κ3) is 2.75. The van der Waals surface area contributed by atoms with Gasteiger partial charge >= 0.3 is 0 Å². The largest absolute Gasteiger partial charge is 0.387 e. The normalized spacial score (nSPS) is 11.0. The SMILES string of the molecule is CNC(=O)c1ccc2nnn(OCc3nc4ccccc4c(=O)[nH]3)c2c1. The molecule has 0 spiro atoms. The van der Waals surface area contributed by atoms with Gasteiger partial charge in [-0.2, -0.15) is 0 Å². The van der Waals surface area contributed by atoms with Crippen molar-refractivity contribution in [2.75, 3.05) is 7.05 Å². The number of carbonyl (C=O) groups is 1. The molecule has 0 aliphatic rings. The summed E-state index contributed by atoms with van der Waals surface area (Å²) in [4.78, 5) is 37.7. The van der Waals surface area contributed by atoms with Crippen LogP contribution in [0.5, 0.6) is 0 Å². The summed E-state index contributed by atoms with van der Waals surface area (Å²) in [7, 11) is 1.56. The van der Waals surface area contributed by atoms with Crippen molar-refractivity contribution < 1.29 is 9.63 Å². The lowest BCUT2D eigenvalue weighted by Gasteiger charge is -2.06. The zero-order chi connectivity index (χ0) is 18.1. The molecule has 26 heavy (non-hydrogen) atoms. The lowest BCUT2D eigenvalue weighted by atomic mass is 10.2. The Morgan fingerprint density at radius 2 is 2.08 bits per heavy atom. The zero-order valence-corrected chi connectivity index (χ0v) is 13.8. The molecule has 9 nitrogen and oxygen atoms in total. The van der Waals surface area contributed by atoms with E-state index in [1.54, 1.807) is 43.4 Å². The van der Waals surface area contributed by atoms with Crippen LogP contribution >= 0.6 is 0 Å². The second-order valence-electron chi connectivity index (χ2n) is 5.55. The van der Waals surface area contributed by atoms with E-state index < -0.39 is 0 Å². The van der Waals surface area contributed by atoms with Crippen molar-refractivity contribution in [3.05, 3.63) is 64.2 Å². The predicted octanol–water partition coefficient (Wildman–Crippen LogP) is 0.656. The summed E-state index contributed by atoms with van der Waals surface area (Å²) < 4.78 is 0. The summed E-state index contributed by atoms with van der Waals surface area (Å²) in [6.07, 6.45) is 0. The molecule has 0 saturated carbocycles. The zero-order valence-electron chi connectivity index (χ0n) is 13.8. The molecule has 0 atom stereocenters. The lowest BCUT2D eigenvalue weighted by Crippen LogP contribution is -2.19. The highest BCUT2D eigenvalue weighted by atomic mass is 16.7. The number of para-hydroxylation sites is 1. The van der Waals surface area contributed by atoms with Crippen LogP contribution in [0.15, 0.2) is 47.3 Å². The maximum atomic E-state index is 12.1. The van der Waals surface area contributed by atoms with Gasteiger partial charge < -0.3 is 15.1 Å². The van der Waals surface area contributed by atoms with Gasteiger partial charge in [0.25, 0.3) is 11.5 Å². The monoisotopic (exact) mass is 350 g/mol. The van der Waals surface area contributed by atoms with Crippen molar-refractivity contribution in [2.24, 2.45) is 0 Å². The van der Waals surface area contributed by atoms with Crippen LogP contribution in [0.4, 0.5) is 0 Å². The fourth-order valence-corrected chi connectivity index (χ4v) is 2.60. The first-order chi connectivity index (χ1) is 12.7. The van der Waals surface area contributed by atoms with E-state index in [-0.39, 0.29) is 18.1 Å². The topological polar surface area (TPSA) is 115 Å². The lowest BCUT2D eigenvalue weighted by molar-refractivity contribution is 0.0709. The number of fused-ring (bicyclic) bond motifs is 2. The molecule has 0 unspecified atom stereocenters. The number of hydrogen-bond donors (Lipinski definition) is 2. The standard InChI is InChI=1S/C17H14N6O3/c1-18-16(24)10-6-7-13-14(8-10)23(22-21-13)26-9-15-19-12-5-3-2-4-11(12)17(25)20-15/h2-8H,9H2,1H3,(H,18,24)(H,19,20,25). The molecule has 4 rings (SSSR count). The molecule has 2 heterocycles. The van der Waals surface area contributed by atoms with Crippen LogP contribution in [-0.2, 0) is 6.61 Å². The van der Waals surface area contributed by atoms with Gasteiger partial charge in [-0.05, 0) is 35.5 Å². The first kappa shape index (κ1) is 15.8. The summed E-state index contributed by atoms with van der Waals surface area (Å²) in [5, 5.41) is 11.0. The van der Waals surface area contributed by atoms with Crippen LogP contribution in [-0.4, -0.2) is 38.1 Å². The molecule has 4 aromatic rings. The first-order valence-electron chi connectivity index (χ1n) is 7.84.